The lowest BCUT2D eigenvalue weighted by Gasteiger charge is -2.29. The Morgan fingerprint density at radius 2 is 0.762 bits per heavy atom. The van der Waals surface area contributed by atoms with Crippen LogP contribution >= 0.6 is 68.8 Å². The summed E-state index contributed by atoms with van der Waals surface area (Å²) >= 11 is 23.6. The fourth-order valence-electron chi connectivity index (χ4n) is 17.7. The molecule has 18 rings (SSSR count). The first-order valence-electron chi connectivity index (χ1n) is 44.1. The third kappa shape index (κ3) is 20.0. The van der Waals surface area contributed by atoms with Crippen LogP contribution in [0.2, 0.25) is 15.1 Å². The zero-order valence-electron chi connectivity index (χ0n) is 76.3. The summed E-state index contributed by atoms with van der Waals surface area (Å²) in [6.07, 6.45) is 3.85. The Bertz CT molecular complexity index is 6820. The number of esters is 2. The van der Waals surface area contributed by atoms with Crippen LogP contribution in [0.1, 0.15) is 189 Å². The number of aromatic nitrogens is 9. The van der Waals surface area contributed by atoms with Crippen LogP contribution in [0.15, 0.2) is 152 Å². The van der Waals surface area contributed by atoms with Gasteiger partial charge in [-0.2, -0.15) is 15.3 Å². The summed E-state index contributed by atoms with van der Waals surface area (Å²) in [4.78, 5) is 54.9. The van der Waals surface area contributed by atoms with Crippen LogP contribution in [0, 0.1) is 20.8 Å². The maximum Gasteiger partial charge on any atom is 0.339 e. The second-order valence-electron chi connectivity index (χ2n) is 36.3. The molecule has 9 aromatic carbocycles. The van der Waals surface area contributed by atoms with Crippen LogP contribution in [0.25, 0.3) is 134 Å². The zero-order valence-corrected chi connectivity index (χ0v) is 81.1. The van der Waals surface area contributed by atoms with Crippen molar-refractivity contribution >= 4 is 156 Å². The zero-order chi connectivity index (χ0) is 92.1. The van der Waals surface area contributed by atoms with Gasteiger partial charge in [0.2, 0.25) is 0 Å². The van der Waals surface area contributed by atoms with Gasteiger partial charge < -0.3 is 43.0 Å². The van der Waals surface area contributed by atoms with Crippen LogP contribution < -0.4 is 0 Å². The molecule has 0 amide bonds. The first-order valence-corrected chi connectivity index (χ1v) is 47.7. The number of nitrogens with zero attached hydrogens (tertiary/aromatic N) is 9. The van der Waals surface area contributed by atoms with E-state index in [2.05, 4.69) is 66.7 Å². The highest BCUT2D eigenvalue weighted by Gasteiger charge is 2.38. The topological polar surface area (TPSA) is 237 Å². The van der Waals surface area contributed by atoms with Gasteiger partial charge in [-0.05, 0) is 277 Å². The predicted octanol–water partition coefficient (Wildman–Crippen LogP) is 25.8. The van der Waals surface area contributed by atoms with Gasteiger partial charge in [0.05, 0.1) is 108 Å². The van der Waals surface area contributed by atoms with Crippen molar-refractivity contribution in [1.82, 2.24) is 44.3 Å². The number of benzene rings is 9. The standard InChI is InChI=1S/C35H38ClN3O4S.C35H36ClN3O4S.C33H34ClN3O4S/c2*1-7-42-34(40)31(43-35(3,4)5)28-20(2)18-26-32(29(28)21-8-11-24(36)12-9-21)44-33(37-26)23-10-13-27-25(19-23)30(38-39(27)6)22-14-16-41-17-15-22;1-18-16-24-30(27(19-6-9-22(34)10-7-19)26(18)29(32(38)39)41-33(2,3)4)42-31(35-24)21-8-11-25-23(17-21)28(36-37(25)5)20-12-14-40-15-13-20/h8-13,18-19,22,31H,7,14-17H2,1-6H3;8-14,18-19,31H,7,15-17H2,1-6H3;6-11,16-17,20,29H,12-15H2,1-5H3,(H,38,39)/t2*31-;29-/m000/s1. The van der Waals surface area contributed by atoms with Gasteiger partial charge in [0, 0.05) is 141 Å². The van der Waals surface area contributed by atoms with E-state index >= 15 is 0 Å². The normalized spacial score (nSPS) is 15.1. The third-order valence-corrected chi connectivity index (χ3v) is 27.6. The number of carbonyl (C=O) groups excluding carboxylic acids is 2. The number of hydrogen-bond acceptors (Lipinski definition) is 20. The van der Waals surface area contributed by atoms with Crippen molar-refractivity contribution in [1.29, 1.82) is 0 Å². The fraction of sp³-hybridized carbons (Fsp3) is 0.369. The molecule has 27 heteroatoms. The number of aliphatic carboxylic acids is 1. The molecule has 2 saturated heterocycles. The Hall–Kier alpha value is -10.2. The van der Waals surface area contributed by atoms with E-state index < -0.39 is 53.0 Å². The molecule has 676 valence electrons. The molecule has 1 N–H and O–H groups in total. The predicted molar refractivity (Wildman–Crippen MR) is 524 cm³/mol. The summed E-state index contributed by atoms with van der Waals surface area (Å²) < 4.78 is 55.6. The molecular weight excluding hydrogens is 1760 g/mol. The van der Waals surface area contributed by atoms with Crippen LogP contribution in [-0.2, 0) is 73.4 Å². The van der Waals surface area contributed by atoms with E-state index in [1.54, 1.807) is 40.9 Å². The molecule has 15 aromatic rings. The maximum atomic E-state index is 13.5. The first kappa shape index (κ1) is 93.1. The number of aryl methyl sites for hydroxylation is 6. The van der Waals surface area contributed by atoms with Gasteiger partial charge in [-0.1, -0.05) is 77.3 Å². The minimum absolute atomic E-state index is 0.258. The lowest BCUT2D eigenvalue weighted by Crippen LogP contribution is -2.29. The smallest absolute Gasteiger partial charge is 0.339 e. The molecule has 6 aromatic heterocycles. The molecule has 3 atom stereocenters. The van der Waals surface area contributed by atoms with Gasteiger partial charge in [0.15, 0.2) is 18.3 Å². The molecule has 0 aliphatic carbocycles. The van der Waals surface area contributed by atoms with Gasteiger partial charge in [0.25, 0.3) is 0 Å². The van der Waals surface area contributed by atoms with E-state index in [1.165, 1.54) is 5.57 Å². The SMILES string of the molecule is CCOC(=O)[C@@H](OC(C)(C)C)c1c(C)cc2nc(-c3ccc4c(c3)c(C3=CCOCC3)nn4C)sc2c1-c1ccc(Cl)cc1.CCOC(=O)[C@@H](OC(C)(C)C)c1c(C)cc2nc(-c3ccc4c(c3)c(C3CCOCC3)nn4C)sc2c1-c1ccc(Cl)cc1.Cc1cc2nc(-c3ccc4c(c3)c(C3CCOCC3)nn4C)sc2c(-c2ccc(Cl)cc2)c1[C@H](OC(C)(C)C)C(=O)O. The maximum absolute atomic E-state index is 13.5. The fourth-order valence-corrected chi connectivity index (χ4v) is 21.4. The minimum atomic E-state index is -1.15. The number of ether oxygens (including phenoxy) is 8. The summed E-state index contributed by atoms with van der Waals surface area (Å²) in [5, 5.41) is 33.0. The molecule has 9 heterocycles. The van der Waals surface area contributed by atoms with E-state index in [-0.39, 0.29) is 13.2 Å². The quantitative estimate of drug-likeness (QED) is 0.0698. The lowest BCUT2D eigenvalue weighted by atomic mass is 9.91. The van der Waals surface area contributed by atoms with Crippen LogP contribution in [-0.4, -0.2) is 137 Å². The largest absolute Gasteiger partial charge is 0.479 e. The highest BCUT2D eigenvalue weighted by Crippen LogP contribution is 2.51. The molecule has 0 unspecified atom stereocenters. The van der Waals surface area contributed by atoms with Crippen LogP contribution in [0.5, 0.6) is 0 Å². The Balaban J connectivity index is 0.000000143. The summed E-state index contributed by atoms with van der Waals surface area (Å²) in [5.74, 6) is -1.11. The summed E-state index contributed by atoms with van der Waals surface area (Å²) in [6, 6.07) is 48.3. The van der Waals surface area contributed by atoms with Crippen molar-refractivity contribution in [2.24, 2.45) is 21.1 Å². The molecule has 0 spiro atoms. The van der Waals surface area contributed by atoms with Crippen LogP contribution in [0.4, 0.5) is 0 Å². The van der Waals surface area contributed by atoms with Gasteiger partial charge in [-0.25, -0.2) is 29.3 Å². The second-order valence-corrected chi connectivity index (χ2v) is 40.6. The molecule has 0 bridgehead atoms. The molecule has 0 radical (unpaired) electrons. The van der Waals surface area contributed by atoms with Crippen molar-refractivity contribution in [2.75, 3.05) is 52.9 Å². The number of thiazole rings is 3. The van der Waals surface area contributed by atoms with Gasteiger partial charge in [-0.3, -0.25) is 14.0 Å². The summed E-state index contributed by atoms with van der Waals surface area (Å²) in [7, 11) is 5.97. The lowest BCUT2D eigenvalue weighted by molar-refractivity contribution is -0.167. The summed E-state index contributed by atoms with van der Waals surface area (Å²) in [5.41, 5.74) is 21.6. The number of rotatable bonds is 20. The number of carbonyl (C=O) groups is 3. The second kappa shape index (κ2) is 38.6. The Morgan fingerprint density at radius 1 is 0.438 bits per heavy atom. The van der Waals surface area contributed by atoms with Crippen molar-refractivity contribution in [3.8, 4) is 65.1 Å². The number of halogens is 3. The van der Waals surface area contributed by atoms with Crippen molar-refractivity contribution < 1.29 is 57.4 Å². The number of carboxylic acid groups (broad SMARTS) is 1. The van der Waals surface area contributed by atoms with E-state index in [4.69, 9.17) is 103 Å². The summed E-state index contributed by atoms with van der Waals surface area (Å²) in [6.45, 7) is 31.7. The van der Waals surface area contributed by atoms with Gasteiger partial charge >= 0.3 is 17.9 Å². The third-order valence-electron chi connectivity index (χ3n) is 23.4. The molecule has 130 heavy (non-hydrogen) atoms. The monoisotopic (exact) mass is 1860 g/mol. The van der Waals surface area contributed by atoms with Crippen LogP contribution in [0.3, 0.4) is 0 Å². The number of hydrogen-bond donors (Lipinski definition) is 1. The molecule has 3 aliphatic heterocycles. The molecule has 2 fully saturated rings. The molecular formula is C103H108Cl3N9O12S3. The Morgan fingerprint density at radius 3 is 1.09 bits per heavy atom. The first-order chi connectivity index (χ1) is 62.1. The average Bonchev–Trinajstić information content (AvgIpc) is 1.53. The molecule has 0 saturated carbocycles. The van der Waals surface area contributed by atoms with Gasteiger partial charge in [-0.15, -0.1) is 34.0 Å². The minimum Gasteiger partial charge on any atom is -0.479 e. The van der Waals surface area contributed by atoms with E-state index in [0.29, 0.717) is 45.7 Å². The van der Waals surface area contributed by atoms with Gasteiger partial charge in [0.1, 0.15) is 15.0 Å². The highest BCUT2D eigenvalue weighted by atomic mass is 35.5. The number of fused-ring (bicyclic) bond motifs is 6. The van der Waals surface area contributed by atoms with E-state index in [1.807, 2.05) is 210 Å². The highest BCUT2D eigenvalue weighted by molar-refractivity contribution is 7.23. The van der Waals surface area contributed by atoms with E-state index in [9.17, 15) is 19.5 Å². The number of carboxylic acids is 1. The Labute approximate surface area is 783 Å². The van der Waals surface area contributed by atoms with Crippen molar-refractivity contribution in [3.63, 3.8) is 0 Å². The average molecular weight is 1870 g/mol. The molecule has 3 aliphatic rings. The molecule has 21 nitrogen and oxygen atoms in total. The van der Waals surface area contributed by atoms with Crippen molar-refractivity contribution in [2.45, 2.75) is 176 Å². The van der Waals surface area contributed by atoms with E-state index in [0.717, 1.165) is 232 Å². The Kier molecular flexibility index (Phi) is 27.6. The van der Waals surface area contributed by atoms with Crippen molar-refractivity contribution in [3.05, 3.63) is 217 Å².